The molecule has 1 atom stereocenters. The van der Waals surface area contributed by atoms with Crippen LogP contribution in [-0.2, 0) is 4.79 Å². The Balaban J connectivity index is 2.90. The zero-order valence-electron chi connectivity index (χ0n) is 9.06. The standard InChI is InChI=1S/C10H7Cl3F3NO2/c11-4-1-6(12)8(7(13)2-4)17-3-5(9(18)19)10(14,15)16/h1-2,5,17H,3H2,(H,18,19). The molecule has 106 valence electrons. The number of carboxylic acid groups (broad SMARTS) is 1. The molecule has 9 heteroatoms. The predicted molar refractivity (Wildman–Crippen MR) is 67.1 cm³/mol. The third-order valence-electron chi connectivity index (χ3n) is 2.18. The van der Waals surface area contributed by atoms with Gasteiger partial charge >= 0.3 is 12.1 Å². The number of benzene rings is 1. The van der Waals surface area contributed by atoms with Crippen LogP contribution in [0.5, 0.6) is 0 Å². The highest BCUT2D eigenvalue weighted by Crippen LogP contribution is 2.35. The Labute approximate surface area is 121 Å². The highest BCUT2D eigenvalue weighted by molar-refractivity contribution is 6.41. The van der Waals surface area contributed by atoms with Crippen LogP contribution < -0.4 is 5.32 Å². The van der Waals surface area contributed by atoms with Crippen molar-refractivity contribution in [2.45, 2.75) is 6.18 Å². The molecule has 0 saturated carbocycles. The number of aliphatic carboxylic acids is 1. The molecule has 19 heavy (non-hydrogen) atoms. The van der Waals surface area contributed by atoms with E-state index >= 15 is 0 Å². The van der Waals surface area contributed by atoms with E-state index in [1.807, 2.05) is 0 Å². The molecule has 1 aromatic rings. The number of carboxylic acids is 1. The number of anilines is 1. The van der Waals surface area contributed by atoms with E-state index in [9.17, 15) is 18.0 Å². The molecule has 2 N–H and O–H groups in total. The second-order valence-electron chi connectivity index (χ2n) is 3.56. The molecule has 1 aromatic carbocycles. The Morgan fingerprint density at radius 1 is 1.26 bits per heavy atom. The minimum Gasteiger partial charge on any atom is -0.481 e. The largest absolute Gasteiger partial charge is 0.481 e. The lowest BCUT2D eigenvalue weighted by Crippen LogP contribution is -2.36. The number of rotatable bonds is 4. The number of hydrogen-bond donors (Lipinski definition) is 2. The first-order valence-electron chi connectivity index (χ1n) is 4.81. The summed E-state index contributed by atoms with van der Waals surface area (Å²) >= 11 is 17.1. The van der Waals surface area contributed by atoms with E-state index < -0.39 is 24.6 Å². The molecule has 0 bridgehead atoms. The Kier molecular flexibility index (Phi) is 5.18. The Bertz CT molecular complexity index is 470. The molecule has 0 aliphatic heterocycles. The van der Waals surface area contributed by atoms with Gasteiger partial charge in [-0.05, 0) is 12.1 Å². The fourth-order valence-corrected chi connectivity index (χ4v) is 2.21. The van der Waals surface area contributed by atoms with Crippen LogP contribution in [0.25, 0.3) is 0 Å². The van der Waals surface area contributed by atoms with Crippen molar-refractivity contribution in [3.63, 3.8) is 0 Å². The van der Waals surface area contributed by atoms with Crippen molar-refractivity contribution < 1.29 is 23.1 Å². The lowest BCUT2D eigenvalue weighted by atomic mass is 10.1. The molecule has 3 nitrogen and oxygen atoms in total. The highest BCUT2D eigenvalue weighted by atomic mass is 35.5. The van der Waals surface area contributed by atoms with Gasteiger partial charge in [0.25, 0.3) is 0 Å². The zero-order chi connectivity index (χ0) is 14.8. The normalized spacial score (nSPS) is 13.2. The van der Waals surface area contributed by atoms with Crippen LogP contribution in [0, 0.1) is 5.92 Å². The van der Waals surface area contributed by atoms with Crippen molar-refractivity contribution in [3.05, 3.63) is 27.2 Å². The number of hydrogen-bond acceptors (Lipinski definition) is 2. The average molecular weight is 337 g/mol. The first-order valence-corrected chi connectivity index (χ1v) is 5.94. The van der Waals surface area contributed by atoms with Crippen LogP contribution in [0.3, 0.4) is 0 Å². The molecule has 0 fully saturated rings. The van der Waals surface area contributed by atoms with Crippen molar-refractivity contribution in [1.29, 1.82) is 0 Å². The topological polar surface area (TPSA) is 49.3 Å². The smallest absolute Gasteiger partial charge is 0.403 e. The van der Waals surface area contributed by atoms with Gasteiger partial charge in [0.05, 0.1) is 15.7 Å². The van der Waals surface area contributed by atoms with Gasteiger partial charge in [-0.15, -0.1) is 0 Å². The molecule has 0 aliphatic rings. The molecule has 0 amide bonds. The zero-order valence-corrected chi connectivity index (χ0v) is 11.3. The third kappa shape index (κ3) is 4.33. The number of nitrogens with one attached hydrogen (secondary N) is 1. The third-order valence-corrected chi connectivity index (χ3v) is 3.00. The van der Waals surface area contributed by atoms with Gasteiger partial charge in [0, 0.05) is 11.6 Å². The van der Waals surface area contributed by atoms with Gasteiger partial charge in [-0.1, -0.05) is 34.8 Å². The molecular formula is C10H7Cl3F3NO2. The van der Waals surface area contributed by atoms with Gasteiger partial charge in [-0.25, -0.2) is 0 Å². The van der Waals surface area contributed by atoms with Gasteiger partial charge in [0.15, 0.2) is 5.92 Å². The summed E-state index contributed by atoms with van der Waals surface area (Å²) in [5.74, 6) is -4.54. The summed E-state index contributed by atoms with van der Waals surface area (Å²) in [6.45, 7) is -0.889. The van der Waals surface area contributed by atoms with Gasteiger partial charge in [-0.2, -0.15) is 13.2 Å². The molecule has 1 rings (SSSR count). The van der Waals surface area contributed by atoms with Crippen LogP contribution >= 0.6 is 34.8 Å². The lowest BCUT2D eigenvalue weighted by Gasteiger charge is -2.18. The summed E-state index contributed by atoms with van der Waals surface area (Å²) in [5.41, 5.74) is 0.00299. The van der Waals surface area contributed by atoms with Crippen molar-refractivity contribution in [1.82, 2.24) is 0 Å². The number of halogens is 6. The van der Waals surface area contributed by atoms with E-state index in [-0.39, 0.29) is 20.8 Å². The monoisotopic (exact) mass is 335 g/mol. The summed E-state index contributed by atoms with van der Waals surface area (Å²) in [6.07, 6.45) is -4.87. The number of carbonyl (C=O) groups is 1. The quantitative estimate of drug-likeness (QED) is 0.861. The molecule has 0 spiro atoms. The van der Waals surface area contributed by atoms with Gasteiger partial charge in [0.1, 0.15) is 0 Å². The van der Waals surface area contributed by atoms with Gasteiger partial charge < -0.3 is 10.4 Å². The predicted octanol–water partition coefficient (Wildman–Crippen LogP) is 4.32. The molecule has 0 aliphatic carbocycles. The van der Waals surface area contributed by atoms with Crippen LogP contribution in [0.15, 0.2) is 12.1 Å². The second-order valence-corrected chi connectivity index (χ2v) is 4.81. The van der Waals surface area contributed by atoms with Crippen LogP contribution in [0.1, 0.15) is 0 Å². The van der Waals surface area contributed by atoms with E-state index in [1.165, 1.54) is 12.1 Å². The summed E-state index contributed by atoms with van der Waals surface area (Å²) in [5, 5.41) is 11.0. The van der Waals surface area contributed by atoms with Crippen LogP contribution in [-0.4, -0.2) is 23.8 Å². The van der Waals surface area contributed by atoms with E-state index in [4.69, 9.17) is 39.9 Å². The van der Waals surface area contributed by atoms with E-state index in [2.05, 4.69) is 5.32 Å². The maximum absolute atomic E-state index is 12.4. The molecule has 1 unspecified atom stereocenters. The minimum absolute atomic E-state index is 0.00299. The Morgan fingerprint density at radius 2 is 1.74 bits per heavy atom. The summed E-state index contributed by atoms with van der Waals surface area (Å²) in [4.78, 5) is 10.5. The maximum atomic E-state index is 12.4. The van der Waals surface area contributed by atoms with Crippen LogP contribution in [0.4, 0.5) is 18.9 Å². The summed E-state index contributed by atoms with van der Waals surface area (Å²) < 4.78 is 37.3. The number of alkyl halides is 3. The average Bonchev–Trinajstić information content (AvgIpc) is 2.18. The lowest BCUT2D eigenvalue weighted by molar-refractivity contribution is -0.190. The maximum Gasteiger partial charge on any atom is 0.403 e. The summed E-state index contributed by atoms with van der Waals surface area (Å²) in [7, 11) is 0. The minimum atomic E-state index is -4.87. The van der Waals surface area contributed by atoms with Crippen molar-refractivity contribution in [2.75, 3.05) is 11.9 Å². The first kappa shape index (κ1) is 16.2. The van der Waals surface area contributed by atoms with Crippen molar-refractivity contribution in [2.24, 2.45) is 5.92 Å². The Morgan fingerprint density at radius 3 is 2.11 bits per heavy atom. The fourth-order valence-electron chi connectivity index (χ4n) is 1.26. The van der Waals surface area contributed by atoms with Crippen molar-refractivity contribution >= 4 is 46.5 Å². The van der Waals surface area contributed by atoms with E-state index in [0.29, 0.717) is 0 Å². The summed E-state index contributed by atoms with van der Waals surface area (Å²) in [6, 6.07) is 2.56. The van der Waals surface area contributed by atoms with Crippen LogP contribution in [0.2, 0.25) is 15.1 Å². The van der Waals surface area contributed by atoms with Crippen molar-refractivity contribution in [3.8, 4) is 0 Å². The molecule has 0 saturated heterocycles. The van der Waals surface area contributed by atoms with Gasteiger partial charge in [0.2, 0.25) is 0 Å². The molecule has 0 heterocycles. The fraction of sp³-hybridized carbons (Fsp3) is 0.300. The first-order chi connectivity index (χ1) is 8.62. The second kappa shape index (κ2) is 6.07. The SMILES string of the molecule is O=C(O)C(CNc1c(Cl)cc(Cl)cc1Cl)C(F)(F)F. The van der Waals surface area contributed by atoms with Gasteiger partial charge in [-0.3, -0.25) is 4.79 Å². The highest BCUT2D eigenvalue weighted by Gasteiger charge is 2.45. The molecular weight excluding hydrogens is 329 g/mol. The molecule has 0 radical (unpaired) electrons. The van der Waals surface area contributed by atoms with E-state index in [1.54, 1.807) is 0 Å². The van der Waals surface area contributed by atoms with E-state index in [0.717, 1.165) is 0 Å². The molecule has 0 aromatic heterocycles. The Hall–Kier alpha value is -0.850.